The molecular weight excluding hydrogens is 226 g/mol. The monoisotopic (exact) mass is 247 g/mol. The third-order valence-electron chi connectivity index (χ3n) is 3.18. The summed E-state index contributed by atoms with van der Waals surface area (Å²) in [5, 5.41) is 2.90. The molecule has 1 amide bonds. The standard InChI is InChI=1S/C14H21N3O/c1-2-7-16-14(18)10-17-9-12(15)8-11-5-3-4-6-13(11)17/h3-6,12H,2,7-10,15H2,1H3,(H,16,18). The highest BCUT2D eigenvalue weighted by atomic mass is 16.2. The van der Waals surface area contributed by atoms with E-state index in [0.29, 0.717) is 6.54 Å². The van der Waals surface area contributed by atoms with Gasteiger partial charge >= 0.3 is 0 Å². The van der Waals surface area contributed by atoms with Crippen molar-refractivity contribution in [1.82, 2.24) is 5.32 Å². The molecule has 1 aliphatic rings. The summed E-state index contributed by atoms with van der Waals surface area (Å²) in [5.74, 6) is 0.0701. The number of fused-ring (bicyclic) bond motifs is 1. The Balaban J connectivity index is 2.07. The second-order valence-electron chi connectivity index (χ2n) is 4.82. The summed E-state index contributed by atoms with van der Waals surface area (Å²) in [6.45, 7) is 3.92. The lowest BCUT2D eigenvalue weighted by Crippen LogP contribution is -2.47. The number of nitrogens with zero attached hydrogens (tertiary/aromatic N) is 1. The molecule has 1 aromatic rings. The van der Waals surface area contributed by atoms with Crippen LogP contribution in [0.4, 0.5) is 5.69 Å². The normalized spacial score (nSPS) is 18.3. The van der Waals surface area contributed by atoms with Crippen LogP contribution in [0.5, 0.6) is 0 Å². The molecule has 4 heteroatoms. The fourth-order valence-corrected chi connectivity index (χ4v) is 2.36. The van der Waals surface area contributed by atoms with Crippen LogP contribution in [0.3, 0.4) is 0 Å². The third-order valence-corrected chi connectivity index (χ3v) is 3.18. The first-order valence-corrected chi connectivity index (χ1v) is 6.56. The number of carbonyl (C=O) groups is 1. The number of benzene rings is 1. The van der Waals surface area contributed by atoms with Gasteiger partial charge in [0.05, 0.1) is 6.54 Å². The minimum absolute atomic E-state index is 0.0701. The highest BCUT2D eigenvalue weighted by Gasteiger charge is 2.22. The molecule has 1 aliphatic heterocycles. The Bertz CT molecular complexity index is 419. The van der Waals surface area contributed by atoms with Gasteiger partial charge < -0.3 is 16.0 Å². The first-order chi connectivity index (χ1) is 8.70. The summed E-state index contributed by atoms with van der Waals surface area (Å²) in [7, 11) is 0. The van der Waals surface area contributed by atoms with Crippen molar-refractivity contribution in [2.75, 3.05) is 24.5 Å². The van der Waals surface area contributed by atoms with E-state index in [1.165, 1.54) is 5.56 Å². The molecule has 1 heterocycles. The smallest absolute Gasteiger partial charge is 0.239 e. The van der Waals surface area contributed by atoms with Crippen LogP contribution in [0.25, 0.3) is 0 Å². The molecule has 2 rings (SSSR count). The van der Waals surface area contributed by atoms with Gasteiger partial charge in [0.25, 0.3) is 0 Å². The van der Waals surface area contributed by atoms with Gasteiger partial charge in [0.2, 0.25) is 5.91 Å². The third kappa shape index (κ3) is 3.01. The zero-order valence-electron chi connectivity index (χ0n) is 10.9. The van der Waals surface area contributed by atoms with E-state index in [4.69, 9.17) is 5.73 Å². The van der Waals surface area contributed by atoms with E-state index < -0.39 is 0 Å². The number of anilines is 1. The Labute approximate surface area is 108 Å². The second-order valence-corrected chi connectivity index (χ2v) is 4.82. The molecule has 0 saturated carbocycles. The lowest BCUT2D eigenvalue weighted by Gasteiger charge is -2.34. The summed E-state index contributed by atoms with van der Waals surface area (Å²) in [6.07, 6.45) is 1.85. The van der Waals surface area contributed by atoms with Crippen molar-refractivity contribution in [1.29, 1.82) is 0 Å². The van der Waals surface area contributed by atoms with E-state index >= 15 is 0 Å². The largest absolute Gasteiger partial charge is 0.360 e. The molecule has 1 aromatic carbocycles. The molecular formula is C14H21N3O. The molecule has 1 atom stereocenters. The fourth-order valence-electron chi connectivity index (χ4n) is 2.36. The minimum atomic E-state index is 0.0701. The van der Waals surface area contributed by atoms with Crippen LogP contribution in [0.1, 0.15) is 18.9 Å². The highest BCUT2D eigenvalue weighted by molar-refractivity contribution is 5.82. The van der Waals surface area contributed by atoms with E-state index in [0.717, 1.165) is 31.6 Å². The topological polar surface area (TPSA) is 58.4 Å². The van der Waals surface area contributed by atoms with Gasteiger partial charge in [-0.1, -0.05) is 25.1 Å². The van der Waals surface area contributed by atoms with Gasteiger partial charge in [-0.25, -0.2) is 0 Å². The SMILES string of the molecule is CCCNC(=O)CN1CC(N)Cc2ccccc21. The maximum Gasteiger partial charge on any atom is 0.239 e. The number of nitrogens with one attached hydrogen (secondary N) is 1. The van der Waals surface area contributed by atoms with Gasteiger partial charge in [-0.05, 0) is 24.5 Å². The van der Waals surface area contributed by atoms with Crippen molar-refractivity contribution in [3.05, 3.63) is 29.8 Å². The highest BCUT2D eigenvalue weighted by Crippen LogP contribution is 2.25. The predicted octanol–water partition coefficient (Wildman–Crippen LogP) is 0.903. The maximum absolute atomic E-state index is 11.8. The van der Waals surface area contributed by atoms with Gasteiger partial charge in [-0.2, -0.15) is 0 Å². The number of para-hydroxylation sites is 1. The molecule has 0 saturated heterocycles. The summed E-state index contributed by atoms with van der Waals surface area (Å²) in [6, 6.07) is 8.29. The summed E-state index contributed by atoms with van der Waals surface area (Å²) in [4.78, 5) is 13.9. The van der Waals surface area contributed by atoms with Crippen LogP contribution in [0, 0.1) is 0 Å². The number of hydrogen-bond acceptors (Lipinski definition) is 3. The molecule has 1 unspecified atom stereocenters. The number of carbonyl (C=O) groups excluding carboxylic acids is 1. The van der Waals surface area contributed by atoms with Crippen molar-refractivity contribution in [2.45, 2.75) is 25.8 Å². The Kier molecular flexibility index (Phi) is 4.20. The maximum atomic E-state index is 11.8. The summed E-state index contributed by atoms with van der Waals surface area (Å²) < 4.78 is 0. The molecule has 0 bridgehead atoms. The van der Waals surface area contributed by atoms with Crippen LogP contribution in [-0.2, 0) is 11.2 Å². The van der Waals surface area contributed by atoms with Crippen molar-refractivity contribution in [3.63, 3.8) is 0 Å². The Morgan fingerprint density at radius 1 is 1.50 bits per heavy atom. The second kappa shape index (κ2) is 5.87. The molecule has 0 spiro atoms. The Morgan fingerprint density at radius 2 is 2.28 bits per heavy atom. The van der Waals surface area contributed by atoms with Gasteiger partial charge in [-0.3, -0.25) is 4.79 Å². The van der Waals surface area contributed by atoms with E-state index in [-0.39, 0.29) is 11.9 Å². The number of rotatable bonds is 4. The summed E-state index contributed by atoms with van der Waals surface area (Å²) in [5.41, 5.74) is 8.42. The zero-order valence-corrected chi connectivity index (χ0v) is 10.9. The predicted molar refractivity (Wildman–Crippen MR) is 73.6 cm³/mol. The van der Waals surface area contributed by atoms with Crippen LogP contribution in [0.15, 0.2) is 24.3 Å². The van der Waals surface area contributed by atoms with E-state index in [2.05, 4.69) is 22.3 Å². The van der Waals surface area contributed by atoms with Crippen molar-refractivity contribution < 1.29 is 4.79 Å². The molecule has 0 aromatic heterocycles. The average molecular weight is 247 g/mol. The lowest BCUT2D eigenvalue weighted by atomic mass is 9.98. The molecule has 0 radical (unpaired) electrons. The first-order valence-electron chi connectivity index (χ1n) is 6.56. The van der Waals surface area contributed by atoms with Crippen molar-refractivity contribution in [3.8, 4) is 0 Å². The van der Waals surface area contributed by atoms with Crippen LogP contribution >= 0.6 is 0 Å². The molecule has 18 heavy (non-hydrogen) atoms. The quantitative estimate of drug-likeness (QED) is 0.831. The Morgan fingerprint density at radius 3 is 3.06 bits per heavy atom. The summed E-state index contributed by atoms with van der Waals surface area (Å²) >= 11 is 0. The van der Waals surface area contributed by atoms with Gasteiger partial charge in [-0.15, -0.1) is 0 Å². The van der Waals surface area contributed by atoms with Gasteiger partial charge in [0.1, 0.15) is 0 Å². The number of hydrogen-bond donors (Lipinski definition) is 2. The molecule has 0 fully saturated rings. The number of nitrogens with two attached hydrogens (primary N) is 1. The van der Waals surface area contributed by atoms with Crippen molar-refractivity contribution in [2.24, 2.45) is 5.73 Å². The minimum Gasteiger partial charge on any atom is -0.360 e. The zero-order chi connectivity index (χ0) is 13.0. The van der Waals surface area contributed by atoms with Gasteiger partial charge in [0.15, 0.2) is 0 Å². The van der Waals surface area contributed by atoms with Crippen LogP contribution < -0.4 is 16.0 Å². The van der Waals surface area contributed by atoms with E-state index in [1.807, 2.05) is 19.1 Å². The van der Waals surface area contributed by atoms with Crippen molar-refractivity contribution >= 4 is 11.6 Å². The Hall–Kier alpha value is -1.55. The first kappa shape index (κ1) is 12.9. The molecule has 4 nitrogen and oxygen atoms in total. The lowest BCUT2D eigenvalue weighted by molar-refractivity contribution is -0.119. The molecule has 0 aliphatic carbocycles. The molecule has 98 valence electrons. The van der Waals surface area contributed by atoms with Crippen LogP contribution in [-0.4, -0.2) is 31.6 Å². The van der Waals surface area contributed by atoms with E-state index in [1.54, 1.807) is 0 Å². The number of amides is 1. The van der Waals surface area contributed by atoms with Crippen LogP contribution in [0.2, 0.25) is 0 Å². The van der Waals surface area contributed by atoms with E-state index in [9.17, 15) is 4.79 Å². The van der Waals surface area contributed by atoms with Gasteiger partial charge in [0, 0.05) is 24.8 Å². The average Bonchev–Trinajstić information content (AvgIpc) is 2.36. The fraction of sp³-hybridized carbons (Fsp3) is 0.500. The molecule has 3 N–H and O–H groups in total.